The van der Waals surface area contributed by atoms with Gasteiger partial charge in [-0.05, 0) is 35.7 Å². The molecule has 0 aromatic heterocycles. The number of nitrogens with one attached hydrogen (secondary N) is 1. The van der Waals surface area contributed by atoms with E-state index in [0.717, 1.165) is 17.7 Å². The lowest BCUT2D eigenvalue weighted by atomic mass is 10.0. The predicted molar refractivity (Wildman–Crippen MR) is 99.0 cm³/mol. The summed E-state index contributed by atoms with van der Waals surface area (Å²) in [5.74, 6) is 1.14. The van der Waals surface area contributed by atoms with E-state index in [9.17, 15) is 4.79 Å². The van der Waals surface area contributed by atoms with Crippen LogP contribution < -0.4 is 25.3 Å². The molecule has 2 aromatic carbocycles. The van der Waals surface area contributed by atoms with Crippen LogP contribution in [0, 0.1) is 0 Å². The molecule has 0 spiro atoms. The van der Waals surface area contributed by atoms with Crippen molar-refractivity contribution in [1.82, 2.24) is 5.32 Å². The number of ether oxygens (including phenoxy) is 3. The van der Waals surface area contributed by atoms with Gasteiger partial charge in [0.05, 0.1) is 12.1 Å². The van der Waals surface area contributed by atoms with Gasteiger partial charge in [-0.25, -0.2) is 0 Å². The lowest BCUT2D eigenvalue weighted by Crippen LogP contribution is -2.38. The minimum Gasteiger partial charge on any atom is -0.493 e. The minimum atomic E-state index is -0.577. The van der Waals surface area contributed by atoms with Crippen LogP contribution >= 0.6 is 11.6 Å². The molecule has 3 N–H and O–H groups in total. The Morgan fingerprint density at radius 1 is 1.38 bits per heavy atom. The normalized spacial score (nSPS) is 15.7. The first-order valence-corrected chi connectivity index (χ1v) is 8.66. The van der Waals surface area contributed by atoms with Crippen molar-refractivity contribution in [3.05, 3.63) is 52.5 Å². The van der Waals surface area contributed by atoms with E-state index in [0.29, 0.717) is 29.7 Å². The molecule has 3 rings (SSSR count). The van der Waals surface area contributed by atoms with Gasteiger partial charge in [0.25, 0.3) is 5.91 Å². The van der Waals surface area contributed by atoms with Gasteiger partial charge in [0, 0.05) is 12.6 Å². The molecule has 0 radical (unpaired) electrons. The minimum absolute atomic E-state index is 0.209. The Labute approximate surface area is 157 Å². The number of fused-ring (bicyclic) bond motifs is 1. The fourth-order valence-electron chi connectivity index (χ4n) is 2.88. The Morgan fingerprint density at radius 3 is 2.96 bits per heavy atom. The number of benzene rings is 2. The third-order valence-electron chi connectivity index (χ3n) is 4.12. The van der Waals surface area contributed by atoms with E-state index in [4.69, 9.17) is 31.5 Å². The number of rotatable bonds is 7. The van der Waals surface area contributed by atoms with Crippen LogP contribution in [0.25, 0.3) is 0 Å². The zero-order valence-corrected chi connectivity index (χ0v) is 15.2. The van der Waals surface area contributed by atoms with Gasteiger partial charge in [-0.3, -0.25) is 4.79 Å². The van der Waals surface area contributed by atoms with Crippen LogP contribution in [0.5, 0.6) is 17.2 Å². The zero-order valence-electron chi connectivity index (χ0n) is 14.5. The van der Waals surface area contributed by atoms with Gasteiger partial charge < -0.3 is 25.3 Å². The van der Waals surface area contributed by atoms with Gasteiger partial charge >= 0.3 is 0 Å². The number of carbonyl (C=O) groups excluding carboxylic acids is 1. The molecule has 0 unspecified atom stereocenters. The van der Waals surface area contributed by atoms with Gasteiger partial charge in [0.1, 0.15) is 12.4 Å². The first kappa shape index (κ1) is 18.4. The topological polar surface area (TPSA) is 82.8 Å². The monoisotopic (exact) mass is 376 g/mol. The van der Waals surface area contributed by atoms with E-state index in [1.165, 1.54) is 12.7 Å². The quantitative estimate of drug-likeness (QED) is 0.774. The third-order valence-corrected chi connectivity index (χ3v) is 4.40. The van der Waals surface area contributed by atoms with Crippen LogP contribution in [-0.4, -0.2) is 32.3 Å². The number of para-hydroxylation sites is 1. The first-order valence-electron chi connectivity index (χ1n) is 8.28. The second-order valence-electron chi connectivity index (χ2n) is 6.06. The van der Waals surface area contributed by atoms with E-state index >= 15 is 0 Å². The van der Waals surface area contributed by atoms with Crippen molar-refractivity contribution in [3.8, 4) is 17.2 Å². The molecular weight excluding hydrogens is 356 g/mol. The molecule has 1 amide bonds. The third kappa shape index (κ3) is 4.39. The second kappa shape index (κ2) is 8.29. The van der Waals surface area contributed by atoms with E-state index < -0.39 is 5.91 Å². The second-order valence-corrected chi connectivity index (χ2v) is 6.47. The van der Waals surface area contributed by atoms with Gasteiger partial charge in [0.15, 0.2) is 18.1 Å². The summed E-state index contributed by atoms with van der Waals surface area (Å²) >= 11 is 6.28. The smallest absolute Gasteiger partial charge is 0.255 e. The van der Waals surface area contributed by atoms with Crippen molar-refractivity contribution in [3.63, 3.8) is 0 Å². The fraction of sp³-hybridized carbons (Fsp3) is 0.316. The maximum absolute atomic E-state index is 10.9. The average molecular weight is 377 g/mol. The summed E-state index contributed by atoms with van der Waals surface area (Å²) in [5, 5.41) is 3.84. The molecule has 2 aromatic rings. The lowest BCUT2D eigenvalue weighted by Gasteiger charge is -2.26. The number of primary amides is 1. The van der Waals surface area contributed by atoms with Crippen molar-refractivity contribution in [2.45, 2.75) is 19.0 Å². The van der Waals surface area contributed by atoms with Crippen molar-refractivity contribution in [2.75, 3.05) is 20.3 Å². The van der Waals surface area contributed by atoms with Gasteiger partial charge in [0.2, 0.25) is 0 Å². The van der Waals surface area contributed by atoms with Crippen LogP contribution in [-0.2, 0) is 17.8 Å². The molecule has 1 heterocycles. The largest absolute Gasteiger partial charge is 0.493 e. The highest BCUT2D eigenvalue weighted by Crippen LogP contribution is 2.36. The number of hydrogen-bond donors (Lipinski definition) is 2. The molecule has 1 atom stereocenters. The summed E-state index contributed by atoms with van der Waals surface area (Å²) in [4.78, 5) is 10.9. The molecule has 0 saturated carbocycles. The number of halogens is 1. The van der Waals surface area contributed by atoms with Gasteiger partial charge in [-0.15, -0.1) is 0 Å². The molecule has 26 heavy (non-hydrogen) atoms. The van der Waals surface area contributed by atoms with Gasteiger partial charge in [-0.2, -0.15) is 0 Å². The molecule has 6 nitrogen and oxygen atoms in total. The lowest BCUT2D eigenvalue weighted by molar-refractivity contribution is -0.119. The summed E-state index contributed by atoms with van der Waals surface area (Å²) in [6.45, 7) is 0.955. The molecule has 0 bridgehead atoms. The predicted octanol–water partition coefficient (Wildman–Crippen LogP) is 2.31. The molecule has 1 aliphatic rings. The fourth-order valence-corrected chi connectivity index (χ4v) is 3.17. The number of methoxy groups -OCH3 is 1. The molecular formula is C19H21ClN2O4. The summed E-state index contributed by atoms with van der Waals surface area (Å²) < 4.78 is 16.4. The van der Waals surface area contributed by atoms with E-state index in [1.54, 1.807) is 6.07 Å². The molecule has 0 fully saturated rings. The Bertz CT molecular complexity index is 797. The standard InChI is InChI=1S/C19H21ClN2O4/c1-24-17-7-12(6-15(20)19(17)26-11-18(21)23)9-22-14-8-13-4-2-3-5-16(13)25-10-14/h2-7,14,22H,8-11H2,1H3,(H2,21,23)/t14-/m1/s1. The van der Waals surface area contributed by atoms with Crippen LogP contribution in [0.3, 0.4) is 0 Å². The Kier molecular flexibility index (Phi) is 5.85. The van der Waals surface area contributed by atoms with Crippen LogP contribution in [0.4, 0.5) is 0 Å². The zero-order chi connectivity index (χ0) is 18.5. The number of amides is 1. The van der Waals surface area contributed by atoms with Crippen molar-refractivity contribution in [1.29, 1.82) is 0 Å². The van der Waals surface area contributed by atoms with E-state index in [2.05, 4.69) is 11.4 Å². The highest BCUT2D eigenvalue weighted by Gasteiger charge is 2.19. The Hall–Kier alpha value is -2.44. The maximum atomic E-state index is 10.9. The van der Waals surface area contributed by atoms with Crippen LogP contribution in [0.15, 0.2) is 36.4 Å². The number of carbonyl (C=O) groups is 1. The maximum Gasteiger partial charge on any atom is 0.255 e. The Balaban J connectivity index is 1.65. The molecule has 0 aliphatic carbocycles. The van der Waals surface area contributed by atoms with Crippen LogP contribution in [0.2, 0.25) is 5.02 Å². The highest BCUT2D eigenvalue weighted by molar-refractivity contribution is 6.32. The Morgan fingerprint density at radius 2 is 2.19 bits per heavy atom. The highest BCUT2D eigenvalue weighted by atomic mass is 35.5. The molecule has 1 aliphatic heterocycles. The molecule has 7 heteroatoms. The van der Waals surface area contributed by atoms with Crippen LogP contribution in [0.1, 0.15) is 11.1 Å². The van der Waals surface area contributed by atoms with E-state index in [1.807, 2.05) is 24.3 Å². The number of hydrogen-bond acceptors (Lipinski definition) is 5. The average Bonchev–Trinajstić information content (AvgIpc) is 2.64. The number of nitrogens with two attached hydrogens (primary N) is 1. The van der Waals surface area contributed by atoms with E-state index in [-0.39, 0.29) is 12.6 Å². The van der Waals surface area contributed by atoms with Gasteiger partial charge in [-0.1, -0.05) is 29.8 Å². The summed E-state index contributed by atoms with van der Waals surface area (Å²) in [7, 11) is 1.52. The van der Waals surface area contributed by atoms with Crippen molar-refractivity contribution < 1.29 is 19.0 Å². The van der Waals surface area contributed by atoms with Crippen molar-refractivity contribution >= 4 is 17.5 Å². The molecule has 138 valence electrons. The van der Waals surface area contributed by atoms with Crippen molar-refractivity contribution in [2.24, 2.45) is 5.73 Å². The first-order chi connectivity index (χ1) is 12.6. The SMILES string of the molecule is COc1cc(CN[C@H]2COc3ccccc3C2)cc(Cl)c1OCC(N)=O. The summed E-state index contributed by atoms with van der Waals surface area (Å²) in [6.07, 6.45) is 0.904. The summed E-state index contributed by atoms with van der Waals surface area (Å²) in [5.41, 5.74) is 7.24. The summed E-state index contributed by atoms with van der Waals surface area (Å²) in [6, 6.07) is 11.9. The molecule has 0 saturated heterocycles.